The Morgan fingerprint density at radius 2 is 1.55 bits per heavy atom. The summed E-state index contributed by atoms with van der Waals surface area (Å²) in [6.07, 6.45) is 2.39. The predicted octanol–water partition coefficient (Wildman–Crippen LogP) is 4.78. The number of rotatable bonds is 5. The quantitative estimate of drug-likeness (QED) is 0.735. The van der Waals surface area contributed by atoms with E-state index >= 15 is 0 Å². The molecule has 0 spiro atoms. The predicted molar refractivity (Wildman–Crippen MR) is 117 cm³/mol. The van der Waals surface area contributed by atoms with E-state index in [1.807, 2.05) is 0 Å². The third-order valence-electron chi connectivity index (χ3n) is 6.53. The number of hydrogen-bond donors (Lipinski definition) is 0. The molecule has 2 fully saturated rings. The topological polar surface area (TPSA) is 29.5 Å². The molecule has 2 atom stereocenters. The summed E-state index contributed by atoms with van der Waals surface area (Å²) in [5.41, 5.74) is 3.94. The molecule has 0 radical (unpaired) electrons. The summed E-state index contributed by atoms with van der Waals surface area (Å²) >= 11 is 0. The fourth-order valence-electron chi connectivity index (χ4n) is 4.77. The maximum Gasteiger partial charge on any atom is 0.140 e. The van der Waals surface area contributed by atoms with Crippen molar-refractivity contribution in [3.8, 4) is 0 Å². The van der Waals surface area contributed by atoms with Crippen LogP contribution < -0.4 is 0 Å². The Balaban J connectivity index is 1.40. The minimum atomic E-state index is 0.144. The van der Waals surface area contributed by atoms with Gasteiger partial charge in [-0.1, -0.05) is 75.4 Å². The number of nitrogens with zero attached hydrogens (tertiary/aromatic N) is 1. The molecule has 0 aromatic heterocycles. The Kier molecular flexibility index (Phi) is 5.89. The minimum Gasteiger partial charge on any atom is -0.378 e. The molecular formula is C26H33NO2. The van der Waals surface area contributed by atoms with E-state index < -0.39 is 0 Å². The summed E-state index contributed by atoms with van der Waals surface area (Å²) in [4.78, 5) is 15.7. The van der Waals surface area contributed by atoms with Crippen molar-refractivity contribution in [1.29, 1.82) is 0 Å². The summed E-state index contributed by atoms with van der Waals surface area (Å²) in [6.45, 7) is 9.10. The molecule has 4 rings (SSSR count). The normalized spacial score (nSPS) is 25.0. The smallest absolute Gasteiger partial charge is 0.140 e. The number of carbonyl (C=O) groups is 1. The number of benzene rings is 2. The maximum absolute atomic E-state index is 13.1. The van der Waals surface area contributed by atoms with Crippen LogP contribution in [0.15, 0.2) is 54.6 Å². The van der Waals surface area contributed by atoms with E-state index in [9.17, 15) is 4.79 Å². The molecule has 2 aromatic carbocycles. The fourth-order valence-corrected chi connectivity index (χ4v) is 4.77. The number of carbonyl (C=O) groups excluding carboxylic acids is 1. The number of piperidine rings is 1. The standard InChI is InChI=1S/C26H33NO2/c1-26(2,3)22-11-9-19(10-12-22)13-25(28)21-14-23-17-29-18-24(15-21)27(23)16-20-7-5-4-6-8-20/h4-12,21,23-24H,13-18H2,1-3H3. The number of hydrogen-bond acceptors (Lipinski definition) is 3. The molecule has 2 unspecified atom stereocenters. The highest BCUT2D eigenvalue weighted by Crippen LogP contribution is 2.34. The van der Waals surface area contributed by atoms with Crippen LogP contribution in [0.4, 0.5) is 0 Å². The highest BCUT2D eigenvalue weighted by Gasteiger charge is 2.41. The van der Waals surface area contributed by atoms with Gasteiger partial charge in [-0.3, -0.25) is 9.69 Å². The first-order chi connectivity index (χ1) is 13.9. The van der Waals surface area contributed by atoms with Crippen LogP contribution in [0.3, 0.4) is 0 Å². The molecule has 2 aliphatic heterocycles. The maximum atomic E-state index is 13.1. The lowest BCUT2D eigenvalue weighted by Gasteiger charge is -2.48. The van der Waals surface area contributed by atoms with E-state index in [0.29, 0.717) is 24.3 Å². The third-order valence-corrected chi connectivity index (χ3v) is 6.53. The molecule has 2 aromatic rings. The molecule has 29 heavy (non-hydrogen) atoms. The minimum absolute atomic E-state index is 0.144. The molecule has 0 amide bonds. The van der Waals surface area contributed by atoms with Crippen molar-refractivity contribution in [2.75, 3.05) is 13.2 Å². The average Bonchev–Trinajstić information content (AvgIpc) is 2.68. The Morgan fingerprint density at radius 3 is 2.14 bits per heavy atom. The van der Waals surface area contributed by atoms with Crippen LogP contribution in [0.5, 0.6) is 0 Å². The second kappa shape index (κ2) is 8.41. The Hall–Kier alpha value is -1.97. The molecule has 2 saturated heterocycles. The number of Topliss-reactive ketones (excluding diaryl/α,β-unsaturated/α-hetero) is 1. The second-order valence-corrected chi connectivity index (χ2v) is 9.76. The van der Waals surface area contributed by atoms with Crippen molar-refractivity contribution in [3.63, 3.8) is 0 Å². The van der Waals surface area contributed by atoms with E-state index in [4.69, 9.17) is 4.74 Å². The van der Waals surface area contributed by atoms with Gasteiger partial charge < -0.3 is 4.74 Å². The van der Waals surface area contributed by atoms with Gasteiger partial charge in [0.25, 0.3) is 0 Å². The molecular weight excluding hydrogens is 358 g/mol. The molecule has 0 N–H and O–H groups in total. The number of ketones is 1. The Labute approximate surface area is 175 Å². The third kappa shape index (κ3) is 4.79. The van der Waals surface area contributed by atoms with Crippen LogP contribution in [0.25, 0.3) is 0 Å². The number of ether oxygens (including phenoxy) is 1. The lowest BCUT2D eigenvalue weighted by molar-refractivity contribution is -0.133. The molecule has 2 heterocycles. The van der Waals surface area contributed by atoms with Crippen molar-refractivity contribution >= 4 is 5.78 Å². The van der Waals surface area contributed by atoms with Crippen LogP contribution in [0, 0.1) is 5.92 Å². The van der Waals surface area contributed by atoms with Gasteiger partial charge >= 0.3 is 0 Å². The summed E-state index contributed by atoms with van der Waals surface area (Å²) < 4.78 is 5.84. The second-order valence-electron chi connectivity index (χ2n) is 9.76. The zero-order valence-corrected chi connectivity index (χ0v) is 17.9. The van der Waals surface area contributed by atoms with Crippen LogP contribution >= 0.6 is 0 Å². The molecule has 0 saturated carbocycles. The largest absolute Gasteiger partial charge is 0.378 e. The van der Waals surface area contributed by atoms with Gasteiger partial charge in [-0.15, -0.1) is 0 Å². The summed E-state index contributed by atoms with van der Waals surface area (Å²) in [6, 6.07) is 19.9. The van der Waals surface area contributed by atoms with E-state index in [-0.39, 0.29) is 11.3 Å². The van der Waals surface area contributed by atoms with Gasteiger partial charge in [-0.25, -0.2) is 0 Å². The fraction of sp³-hybridized carbons (Fsp3) is 0.500. The molecule has 0 aliphatic carbocycles. The summed E-state index contributed by atoms with van der Waals surface area (Å²) in [7, 11) is 0. The van der Waals surface area contributed by atoms with Crippen LogP contribution in [0.1, 0.15) is 50.3 Å². The van der Waals surface area contributed by atoms with Gasteiger partial charge in [0.2, 0.25) is 0 Å². The molecule has 2 aliphatic rings. The van der Waals surface area contributed by atoms with Gasteiger partial charge in [0.1, 0.15) is 5.78 Å². The molecule has 3 nitrogen and oxygen atoms in total. The first-order valence-electron chi connectivity index (χ1n) is 10.9. The van der Waals surface area contributed by atoms with Crippen LogP contribution in [0.2, 0.25) is 0 Å². The monoisotopic (exact) mass is 391 g/mol. The van der Waals surface area contributed by atoms with Gasteiger partial charge in [-0.2, -0.15) is 0 Å². The summed E-state index contributed by atoms with van der Waals surface area (Å²) in [5, 5.41) is 0. The van der Waals surface area contributed by atoms with Crippen LogP contribution in [-0.4, -0.2) is 36.0 Å². The Bertz CT molecular complexity index is 808. The molecule has 3 heteroatoms. The van der Waals surface area contributed by atoms with Gasteiger partial charge in [0, 0.05) is 31.0 Å². The van der Waals surface area contributed by atoms with E-state index in [1.165, 1.54) is 11.1 Å². The van der Waals surface area contributed by atoms with Gasteiger partial charge in [0.15, 0.2) is 0 Å². The van der Waals surface area contributed by atoms with E-state index in [0.717, 1.165) is 38.2 Å². The van der Waals surface area contributed by atoms with Crippen molar-refractivity contribution in [3.05, 3.63) is 71.3 Å². The highest BCUT2D eigenvalue weighted by molar-refractivity contribution is 5.83. The molecule has 2 bridgehead atoms. The lowest BCUT2D eigenvalue weighted by atomic mass is 9.80. The van der Waals surface area contributed by atoms with Crippen molar-refractivity contribution in [1.82, 2.24) is 4.90 Å². The number of morpholine rings is 1. The van der Waals surface area contributed by atoms with Crippen molar-refractivity contribution in [2.45, 2.75) is 64.1 Å². The SMILES string of the molecule is CC(C)(C)c1ccc(CC(=O)C2CC3COCC(C2)N3Cc2ccccc2)cc1. The zero-order valence-electron chi connectivity index (χ0n) is 17.9. The van der Waals surface area contributed by atoms with Crippen LogP contribution in [-0.2, 0) is 27.9 Å². The van der Waals surface area contributed by atoms with Gasteiger partial charge in [0.05, 0.1) is 13.2 Å². The van der Waals surface area contributed by atoms with Crippen molar-refractivity contribution in [2.24, 2.45) is 5.92 Å². The summed E-state index contributed by atoms with van der Waals surface area (Å²) in [5.74, 6) is 0.549. The zero-order chi connectivity index (χ0) is 20.4. The highest BCUT2D eigenvalue weighted by atomic mass is 16.5. The first-order valence-corrected chi connectivity index (χ1v) is 10.9. The average molecular weight is 392 g/mol. The van der Waals surface area contributed by atoms with E-state index in [1.54, 1.807) is 0 Å². The van der Waals surface area contributed by atoms with E-state index in [2.05, 4.69) is 80.3 Å². The Morgan fingerprint density at radius 1 is 0.931 bits per heavy atom. The first kappa shape index (κ1) is 20.3. The molecule has 154 valence electrons. The lowest BCUT2D eigenvalue weighted by Crippen LogP contribution is -2.57. The van der Waals surface area contributed by atoms with Crippen molar-refractivity contribution < 1.29 is 9.53 Å². The number of fused-ring (bicyclic) bond motifs is 2. The van der Waals surface area contributed by atoms with Gasteiger partial charge in [-0.05, 0) is 34.9 Å².